The Labute approximate surface area is 158 Å². The molecule has 4 unspecified atom stereocenters. The van der Waals surface area contributed by atoms with Crippen LogP contribution in [0, 0.1) is 0 Å². The second-order valence-electron chi connectivity index (χ2n) is 6.70. The largest absolute Gasteiger partial charge is 0.379 e. The number of nitrogens with one attached hydrogen (secondary N) is 2. The maximum atomic E-state index is 5.86. The number of morpholine rings is 1. The Hall–Kier alpha value is 0.850. The van der Waals surface area contributed by atoms with Crippen molar-refractivity contribution in [3.63, 3.8) is 0 Å². The lowest BCUT2D eigenvalue weighted by molar-refractivity contribution is -0.0639. The van der Waals surface area contributed by atoms with Gasteiger partial charge in [0.2, 0.25) is 0 Å². The van der Waals surface area contributed by atoms with E-state index in [9.17, 15) is 0 Å². The number of nitrogens with zero attached hydrogens (tertiary/aromatic N) is 1. The molecule has 0 radical (unpaired) electrons. The fourth-order valence-corrected chi connectivity index (χ4v) is 8.66. The van der Waals surface area contributed by atoms with Gasteiger partial charge in [-0.15, -0.1) is 0 Å². The standard InChI is InChI=1S/C16H29N3O2S3/c1-2-18-16(14-12-22-9-10-24-14,19-3-5-20-6-4-19)15(17-1)13-11-21-7-8-23-13/h13-15,17-18H,1-12H2. The summed E-state index contributed by atoms with van der Waals surface area (Å²) in [5.41, 5.74) is 0.0263. The molecule has 24 heavy (non-hydrogen) atoms. The lowest BCUT2D eigenvalue weighted by atomic mass is 9.88. The number of hydrogen-bond donors (Lipinski definition) is 2. The molecule has 0 amide bonds. The predicted octanol–water partition coefficient (Wildman–Crippen LogP) is 0.557. The molecule has 138 valence electrons. The molecule has 0 aromatic heterocycles. The van der Waals surface area contributed by atoms with Crippen LogP contribution in [-0.4, -0.2) is 103 Å². The van der Waals surface area contributed by atoms with E-state index in [0.29, 0.717) is 16.5 Å². The summed E-state index contributed by atoms with van der Waals surface area (Å²) >= 11 is 6.40. The van der Waals surface area contributed by atoms with Crippen molar-refractivity contribution in [2.45, 2.75) is 22.2 Å². The molecule has 0 aliphatic carbocycles. The molecule has 0 aromatic rings. The van der Waals surface area contributed by atoms with Gasteiger partial charge in [-0.25, -0.2) is 0 Å². The number of ether oxygens (including phenoxy) is 2. The Bertz CT molecular complexity index is 382. The zero-order valence-corrected chi connectivity index (χ0v) is 16.7. The third-order valence-electron chi connectivity index (χ3n) is 5.43. The second kappa shape index (κ2) is 8.69. The Balaban J connectivity index is 1.64. The molecule has 0 aromatic carbocycles. The minimum atomic E-state index is 0.0263. The summed E-state index contributed by atoms with van der Waals surface area (Å²) in [6.07, 6.45) is 0. The van der Waals surface area contributed by atoms with E-state index < -0.39 is 0 Å². The highest BCUT2D eigenvalue weighted by Gasteiger charge is 2.54. The molecule has 0 saturated carbocycles. The average Bonchev–Trinajstić information content (AvgIpc) is 2.70. The van der Waals surface area contributed by atoms with Crippen molar-refractivity contribution in [3.8, 4) is 0 Å². The van der Waals surface area contributed by atoms with E-state index in [-0.39, 0.29) is 5.66 Å². The fraction of sp³-hybridized carbons (Fsp3) is 1.00. The van der Waals surface area contributed by atoms with Crippen molar-refractivity contribution in [3.05, 3.63) is 0 Å². The summed E-state index contributed by atoms with van der Waals surface area (Å²) < 4.78 is 11.5. The van der Waals surface area contributed by atoms with Crippen molar-refractivity contribution < 1.29 is 9.47 Å². The fourth-order valence-electron chi connectivity index (χ4n) is 4.37. The topological polar surface area (TPSA) is 45.8 Å². The van der Waals surface area contributed by atoms with Gasteiger partial charge in [-0.2, -0.15) is 35.3 Å². The molecular weight excluding hydrogens is 362 g/mol. The maximum Gasteiger partial charge on any atom is 0.101 e. The third kappa shape index (κ3) is 3.63. The van der Waals surface area contributed by atoms with Crippen LogP contribution in [0.25, 0.3) is 0 Å². The quantitative estimate of drug-likeness (QED) is 0.724. The van der Waals surface area contributed by atoms with E-state index in [0.717, 1.165) is 58.4 Å². The van der Waals surface area contributed by atoms with Crippen LogP contribution in [-0.2, 0) is 9.47 Å². The minimum absolute atomic E-state index is 0.0263. The van der Waals surface area contributed by atoms with Crippen LogP contribution in [0.2, 0.25) is 0 Å². The summed E-state index contributed by atoms with van der Waals surface area (Å²) in [6.45, 7) is 7.66. The molecule has 0 bridgehead atoms. The predicted molar refractivity (Wildman–Crippen MR) is 106 cm³/mol. The van der Waals surface area contributed by atoms with Gasteiger partial charge in [0.15, 0.2) is 0 Å². The van der Waals surface area contributed by atoms with Crippen molar-refractivity contribution in [2.75, 3.05) is 75.6 Å². The molecule has 5 nitrogen and oxygen atoms in total. The molecular formula is C16H29N3O2S3. The van der Waals surface area contributed by atoms with Crippen LogP contribution in [0.3, 0.4) is 0 Å². The highest BCUT2D eigenvalue weighted by atomic mass is 32.2. The Morgan fingerprint density at radius 1 is 0.958 bits per heavy atom. The molecule has 4 rings (SSSR count). The first-order chi connectivity index (χ1) is 11.9. The minimum Gasteiger partial charge on any atom is -0.379 e. The van der Waals surface area contributed by atoms with E-state index in [4.69, 9.17) is 9.47 Å². The van der Waals surface area contributed by atoms with Gasteiger partial charge in [-0.1, -0.05) is 0 Å². The highest BCUT2D eigenvalue weighted by molar-refractivity contribution is 8.06. The first-order valence-electron chi connectivity index (χ1n) is 9.11. The lowest BCUT2D eigenvalue weighted by Crippen LogP contribution is -2.81. The van der Waals surface area contributed by atoms with Crippen LogP contribution < -0.4 is 10.6 Å². The van der Waals surface area contributed by atoms with Gasteiger partial charge in [0, 0.05) is 59.7 Å². The van der Waals surface area contributed by atoms with Crippen LogP contribution in [0.5, 0.6) is 0 Å². The van der Waals surface area contributed by atoms with Crippen LogP contribution in [0.15, 0.2) is 0 Å². The van der Waals surface area contributed by atoms with Crippen molar-refractivity contribution >= 4 is 35.3 Å². The van der Waals surface area contributed by atoms with E-state index >= 15 is 0 Å². The molecule has 4 aliphatic rings. The van der Waals surface area contributed by atoms with Gasteiger partial charge >= 0.3 is 0 Å². The highest BCUT2D eigenvalue weighted by Crippen LogP contribution is 2.40. The number of rotatable bonds is 3. The molecule has 4 heterocycles. The Kier molecular flexibility index (Phi) is 6.60. The monoisotopic (exact) mass is 391 g/mol. The van der Waals surface area contributed by atoms with Gasteiger partial charge in [-0.05, 0) is 0 Å². The zero-order valence-electron chi connectivity index (χ0n) is 14.2. The van der Waals surface area contributed by atoms with Crippen molar-refractivity contribution in [2.24, 2.45) is 0 Å². The van der Waals surface area contributed by atoms with E-state index in [1.165, 1.54) is 17.3 Å². The summed E-state index contributed by atoms with van der Waals surface area (Å²) in [5, 5.41) is 9.08. The van der Waals surface area contributed by atoms with Crippen LogP contribution >= 0.6 is 35.3 Å². The maximum absolute atomic E-state index is 5.86. The normalized spacial score (nSPS) is 42.8. The second-order valence-corrected chi connectivity index (χ2v) is 10.5. The molecule has 4 fully saturated rings. The van der Waals surface area contributed by atoms with Gasteiger partial charge in [0.05, 0.1) is 32.5 Å². The van der Waals surface area contributed by atoms with Gasteiger partial charge in [0.1, 0.15) is 5.66 Å². The van der Waals surface area contributed by atoms with E-state index in [2.05, 4.69) is 50.8 Å². The number of thioether (sulfide) groups is 3. The van der Waals surface area contributed by atoms with Gasteiger partial charge in [-0.3, -0.25) is 10.2 Å². The van der Waals surface area contributed by atoms with Crippen molar-refractivity contribution in [1.82, 2.24) is 15.5 Å². The molecule has 0 spiro atoms. The third-order valence-corrected chi connectivity index (χ3v) is 9.56. The molecule has 2 N–H and O–H groups in total. The summed E-state index contributed by atoms with van der Waals surface area (Å²) in [5.74, 6) is 4.92. The number of hydrogen-bond acceptors (Lipinski definition) is 8. The molecule has 4 aliphatic heterocycles. The van der Waals surface area contributed by atoms with Gasteiger partial charge in [0.25, 0.3) is 0 Å². The summed E-state index contributed by atoms with van der Waals surface area (Å²) in [7, 11) is 0. The van der Waals surface area contributed by atoms with E-state index in [1.807, 2.05) is 0 Å². The molecule has 4 saturated heterocycles. The van der Waals surface area contributed by atoms with Gasteiger partial charge < -0.3 is 14.8 Å². The number of piperazine rings is 1. The molecule has 4 atom stereocenters. The SMILES string of the molecule is C1CNC(C2CSCCS2)(N2CCOCC2)C(C2COCCS2)N1. The van der Waals surface area contributed by atoms with Crippen LogP contribution in [0.1, 0.15) is 0 Å². The first-order valence-corrected chi connectivity index (χ1v) is 12.4. The first kappa shape index (κ1) is 18.2. The van der Waals surface area contributed by atoms with Crippen LogP contribution in [0.4, 0.5) is 0 Å². The lowest BCUT2D eigenvalue weighted by Gasteiger charge is -2.58. The summed E-state index contributed by atoms with van der Waals surface area (Å²) in [6, 6.07) is 0.436. The zero-order chi connectivity index (χ0) is 16.2. The average molecular weight is 392 g/mol. The van der Waals surface area contributed by atoms with E-state index in [1.54, 1.807) is 0 Å². The summed E-state index contributed by atoms with van der Waals surface area (Å²) in [4.78, 5) is 2.70. The Morgan fingerprint density at radius 3 is 2.62 bits per heavy atom. The van der Waals surface area contributed by atoms with Crippen molar-refractivity contribution in [1.29, 1.82) is 0 Å². The Morgan fingerprint density at radius 2 is 1.88 bits per heavy atom. The smallest absolute Gasteiger partial charge is 0.101 e. The molecule has 8 heteroatoms.